The largest absolute Gasteiger partial charge is 0.481 e. The minimum absolute atomic E-state index is 0. The first-order valence-corrected chi connectivity index (χ1v) is 6.16. The standard InChI is InChI=1S/C14H15FN2O3.ClH/c1-17(7-6-14(18)19)9-12-8-13(16-20-12)10-2-4-11(15)5-3-10;/h2-5,8H,6-7,9H2,1H3,(H,18,19);1H. The van der Waals surface area contributed by atoms with Gasteiger partial charge in [0, 0.05) is 18.2 Å². The van der Waals surface area contributed by atoms with E-state index in [1.807, 2.05) is 11.9 Å². The van der Waals surface area contributed by atoms with Crippen molar-refractivity contribution in [3.8, 4) is 11.3 Å². The second-order valence-electron chi connectivity index (χ2n) is 4.57. The molecule has 21 heavy (non-hydrogen) atoms. The lowest BCUT2D eigenvalue weighted by molar-refractivity contribution is -0.137. The molecule has 0 unspecified atom stereocenters. The van der Waals surface area contributed by atoms with Gasteiger partial charge in [0.25, 0.3) is 0 Å². The van der Waals surface area contributed by atoms with Crippen LogP contribution in [0.3, 0.4) is 0 Å². The lowest BCUT2D eigenvalue weighted by Crippen LogP contribution is -2.20. The molecule has 5 nitrogen and oxygen atoms in total. The highest BCUT2D eigenvalue weighted by Gasteiger charge is 2.10. The molecule has 0 aliphatic carbocycles. The molecule has 0 saturated heterocycles. The fraction of sp³-hybridized carbons (Fsp3) is 0.286. The molecule has 2 aromatic rings. The van der Waals surface area contributed by atoms with Gasteiger partial charge in [-0.15, -0.1) is 12.4 Å². The predicted octanol–water partition coefficient (Wildman–Crippen LogP) is 2.81. The number of aliphatic carboxylic acids is 1. The Hall–Kier alpha value is -1.92. The Morgan fingerprint density at radius 2 is 2.05 bits per heavy atom. The van der Waals surface area contributed by atoms with Gasteiger partial charge in [0.1, 0.15) is 11.5 Å². The first-order chi connectivity index (χ1) is 9.54. The molecule has 0 spiro atoms. The molecule has 2 rings (SSSR count). The van der Waals surface area contributed by atoms with Crippen LogP contribution in [-0.2, 0) is 11.3 Å². The third-order valence-corrected chi connectivity index (χ3v) is 2.83. The Labute approximate surface area is 127 Å². The maximum atomic E-state index is 12.8. The first kappa shape index (κ1) is 17.1. The summed E-state index contributed by atoms with van der Waals surface area (Å²) in [6.45, 7) is 0.906. The van der Waals surface area contributed by atoms with Crippen molar-refractivity contribution in [1.82, 2.24) is 10.1 Å². The van der Waals surface area contributed by atoms with Gasteiger partial charge in [0.2, 0.25) is 0 Å². The number of aromatic nitrogens is 1. The quantitative estimate of drug-likeness (QED) is 0.888. The zero-order chi connectivity index (χ0) is 14.5. The van der Waals surface area contributed by atoms with Gasteiger partial charge < -0.3 is 9.63 Å². The molecule has 0 bridgehead atoms. The topological polar surface area (TPSA) is 66.6 Å². The SMILES string of the molecule is CN(CCC(=O)O)Cc1cc(-c2ccc(F)cc2)no1.Cl. The molecule has 0 radical (unpaired) electrons. The number of nitrogens with zero attached hydrogens (tertiary/aromatic N) is 2. The van der Waals surface area contributed by atoms with E-state index in [0.717, 1.165) is 5.56 Å². The minimum Gasteiger partial charge on any atom is -0.481 e. The monoisotopic (exact) mass is 314 g/mol. The van der Waals surface area contributed by atoms with Crippen molar-refractivity contribution in [3.63, 3.8) is 0 Å². The number of hydrogen-bond donors (Lipinski definition) is 1. The van der Waals surface area contributed by atoms with Crippen LogP contribution in [-0.4, -0.2) is 34.7 Å². The molecule has 7 heteroatoms. The van der Waals surface area contributed by atoms with Crippen molar-refractivity contribution in [1.29, 1.82) is 0 Å². The molecule has 0 aliphatic heterocycles. The van der Waals surface area contributed by atoms with E-state index in [2.05, 4.69) is 5.16 Å². The number of hydrogen-bond acceptors (Lipinski definition) is 4. The average molecular weight is 315 g/mol. The zero-order valence-corrected chi connectivity index (χ0v) is 12.3. The van der Waals surface area contributed by atoms with E-state index in [1.165, 1.54) is 12.1 Å². The van der Waals surface area contributed by atoms with E-state index in [1.54, 1.807) is 18.2 Å². The first-order valence-electron chi connectivity index (χ1n) is 6.16. The summed E-state index contributed by atoms with van der Waals surface area (Å²) in [5.74, 6) is -0.496. The normalized spacial score (nSPS) is 10.4. The van der Waals surface area contributed by atoms with Gasteiger partial charge in [-0.3, -0.25) is 9.69 Å². The molecule has 114 valence electrons. The smallest absolute Gasteiger partial charge is 0.304 e. The third kappa shape index (κ3) is 5.17. The lowest BCUT2D eigenvalue weighted by atomic mass is 10.1. The summed E-state index contributed by atoms with van der Waals surface area (Å²) in [5, 5.41) is 12.5. The van der Waals surface area contributed by atoms with E-state index in [0.29, 0.717) is 24.5 Å². The van der Waals surface area contributed by atoms with Gasteiger partial charge in [-0.1, -0.05) is 5.16 Å². The summed E-state index contributed by atoms with van der Waals surface area (Å²) < 4.78 is 18.0. The minimum atomic E-state index is -0.832. The van der Waals surface area contributed by atoms with Gasteiger partial charge in [-0.25, -0.2) is 4.39 Å². The molecule has 0 fully saturated rings. The fourth-order valence-electron chi connectivity index (χ4n) is 1.78. The molecular weight excluding hydrogens is 299 g/mol. The van der Waals surface area contributed by atoms with Crippen LogP contribution in [0.5, 0.6) is 0 Å². The highest BCUT2D eigenvalue weighted by Crippen LogP contribution is 2.20. The number of halogens is 2. The van der Waals surface area contributed by atoms with Crippen LogP contribution < -0.4 is 0 Å². The summed E-state index contributed by atoms with van der Waals surface area (Å²) in [6, 6.07) is 7.76. The highest BCUT2D eigenvalue weighted by atomic mass is 35.5. The third-order valence-electron chi connectivity index (χ3n) is 2.83. The maximum absolute atomic E-state index is 12.8. The van der Waals surface area contributed by atoms with Gasteiger partial charge in [0.15, 0.2) is 5.76 Å². The number of carboxylic acids is 1. The van der Waals surface area contributed by atoms with Crippen LogP contribution in [0.1, 0.15) is 12.2 Å². The van der Waals surface area contributed by atoms with Crippen LogP contribution in [0.4, 0.5) is 4.39 Å². The molecule has 1 aromatic heterocycles. The zero-order valence-electron chi connectivity index (χ0n) is 11.5. The summed E-state index contributed by atoms with van der Waals surface area (Å²) in [7, 11) is 1.81. The molecule has 0 atom stereocenters. The number of rotatable bonds is 6. The Bertz CT molecular complexity index is 586. The van der Waals surface area contributed by atoms with Crippen molar-refractivity contribution in [2.75, 3.05) is 13.6 Å². The Balaban J connectivity index is 0.00000220. The predicted molar refractivity (Wildman–Crippen MR) is 77.7 cm³/mol. The van der Waals surface area contributed by atoms with Gasteiger partial charge in [-0.05, 0) is 31.3 Å². The van der Waals surface area contributed by atoms with Crippen LogP contribution in [0.25, 0.3) is 11.3 Å². The van der Waals surface area contributed by atoms with Crippen molar-refractivity contribution in [2.24, 2.45) is 0 Å². The highest BCUT2D eigenvalue weighted by molar-refractivity contribution is 5.85. The Morgan fingerprint density at radius 1 is 1.38 bits per heavy atom. The molecule has 0 amide bonds. The maximum Gasteiger partial charge on any atom is 0.304 e. The van der Waals surface area contributed by atoms with E-state index >= 15 is 0 Å². The second-order valence-corrected chi connectivity index (χ2v) is 4.57. The van der Waals surface area contributed by atoms with Gasteiger partial charge in [0.05, 0.1) is 13.0 Å². The number of benzene rings is 1. The Kier molecular flexibility index (Phi) is 6.33. The molecular formula is C14H16ClFN2O3. The Morgan fingerprint density at radius 3 is 2.67 bits per heavy atom. The van der Waals surface area contributed by atoms with E-state index in [-0.39, 0.29) is 24.6 Å². The molecule has 1 heterocycles. The van der Waals surface area contributed by atoms with Crippen molar-refractivity contribution in [2.45, 2.75) is 13.0 Å². The molecule has 1 N–H and O–H groups in total. The van der Waals surface area contributed by atoms with Crippen molar-refractivity contribution >= 4 is 18.4 Å². The lowest BCUT2D eigenvalue weighted by Gasteiger charge is -2.12. The molecule has 1 aromatic carbocycles. The fourth-order valence-corrected chi connectivity index (χ4v) is 1.78. The van der Waals surface area contributed by atoms with Crippen LogP contribution in [0.15, 0.2) is 34.9 Å². The van der Waals surface area contributed by atoms with Crippen molar-refractivity contribution < 1.29 is 18.8 Å². The summed E-state index contributed by atoms with van der Waals surface area (Å²) >= 11 is 0. The van der Waals surface area contributed by atoms with Crippen LogP contribution >= 0.6 is 12.4 Å². The van der Waals surface area contributed by atoms with E-state index in [4.69, 9.17) is 9.63 Å². The van der Waals surface area contributed by atoms with E-state index in [9.17, 15) is 9.18 Å². The average Bonchev–Trinajstić information content (AvgIpc) is 2.85. The van der Waals surface area contributed by atoms with Crippen molar-refractivity contribution in [3.05, 3.63) is 41.9 Å². The summed E-state index contributed by atoms with van der Waals surface area (Å²) in [4.78, 5) is 12.3. The van der Waals surface area contributed by atoms with Gasteiger partial charge >= 0.3 is 5.97 Å². The van der Waals surface area contributed by atoms with E-state index < -0.39 is 5.97 Å². The number of carboxylic acid groups (broad SMARTS) is 1. The van der Waals surface area contributed by atoms with Gasteiger partial charge in [-0.2, -0.15) is 0 Å². The molecule has 0 aliphatic rings. The number of carbonyl (C=O) groups is 1. The second kappa shape index (κ2) is 7.75. The van der Waals surface area contributed by atoms with Crippen LogP contribution in [0, 0.1) is 5.82 Å². The summed E-state index contributed by atoms with van der Waals surface area (Å²) in [5.41, 5.74) is 1.40. The van der Waals surface area contributed by atoms with Crippen LogP contribution in [0.2, 0.25) is 0 Å². The molecule has 0 saturated carbocycles. The summed E-state index contributed by atoms with van der Waals surface area (Å²) in [6.07, 6.45) is 0.0788.